The van der Waals surface area contributed by atoms with E-state index < -0.39 is 0 Å². The van der Waals surface area contributed by atoms with Crippen LogP contribution in [0.25, 0.3) is 11.4 Å². The minimum atomic E-state index is 0.228. The number of hydrogen-bond acceptors (Lipinski definition) is 4. The zero-order valence-electron chi connectivity index (χ0n) is 11.3. The Labute approximate surface area is 117 Å². The standard InChI is InChI=1S/C13H18ClN5/c1-4-8(2)9(3)19-13(16-17-18-19)10-5-6-12(15)11(14)7-10/h5-9H,4,15H2,1-3H3. The van der Waals surface area contributed by atoms with Gasteiger partial charge in [0.1, 0.15) is 0 Å². The van der Waals surface area contributed by atoms with Crippen molar-refractivity contribution < 1.29 is 0 Å². The zero-order valence-corrected chi connectivity index (χ0v) is 12.1. The minimum absolute atomic E-state index is 0.228. The molecule has 0 radical (unpaired) electrons. The lowest BCUT2D eigenvalue weighted by Gasteiger charge is -2.19. The van der Waals surface area contributed by atoms with Gasteiger partial charge in [0.05, 0.1) is 16.8 Å². The fourth-order valence-electron chi connectivity index (χ4n) is 1.91. The Kier molecular flexibility index (Phi) is 4.04. The summed E-state index contributed by atoms with van der Waals surface area (Å²) in [5, 5.41) is 12.5. The van der Waals surface area contributed by atoms with E-state index in [-0.39, 0.29) is 6.04 Å². The van der Waals surface area contributed by atoms with Crippen LogP contribution in [0.1, 0.15) is 33.2 Å². The lowest BCUT2D eigenvalue weighted by Crippen LogP contribution is -2.16. The third-order valence-corrected chi connectivity index (χ3v) is 3.93. The lowest BCUT2D eigenvalue weighted by molar-refractivity contribution is 0.340. The number of benzene rings is 1. The van der Waals surface area contributed by atoms with Gasteiger partial charge in [-0.3, -0.25) is 0 Å². The summed E-state index contributed by atoms with van der Waals surface area (Å²) in [7, 11) is 0. The van der Waals surface area contributed by atoms with Gasteiger partial charge in [-0.2, -0.15) is 0 Å². The third-order valence-electron chi connectivity index (χ3n) is 3.60. The van der Waals surface area contributed by atoms with Gasteiger partial charge in [-0.1, -0.05) is 31.9 Å². The number of halogens is 1. The molecule has 0 saturated heterocycles. The minimum Gasteiger partial charge on any atom is -0.398 e. The Bertz CT molecular complexity index is 566. The van der Waals surface area contributed by atoms with E-state index in [2.05, 4.69) is 36.3 Å². The van der Waals surface area contributed by atoms with Crippen LogP contribution in [0.15, 0.2) is 18.2 Å². The summed E-state index contributed by atoms with van der Waals surface area (Å²) >= 11 is 6.05. The molecule has 2 N–H and O–H groups in total. The molecule has 2 unspecified atom stereocenters. The van der Waals surface area contributed by atoms with Crippen molar-refractivity contribution in [3.8, 4) is 11.4 Å². The number of rotatable bonds is 4. The fourth-order valence-corrected chi connectivity index (χ4v) is 2.09. The molecule has 19 heavy (non-hydrogen) atoms. The van der Waals surface area contributed by atoms with Crippen molar-refractivity contribution in [1.82, 2.24) is 20.2 Å². The zero-order chi connectivity index (χ0) is 14.0. The highest BCUT2D eigenvalue weighted by molar-refractivity contribution is 6.33. The number of anilines is 1. The van der Waals surface area contributed by atoms with Crippen LogP contribution in [-0.2, 0) is 0 Å². The molecule has 1 aromatic heterocycles. The number of tetrazole rings is 1. The van der Waals surface area contributed by atoms with E-state index >= 15 is 0 Å². The SMILES string of the molecule is CCC(C)C(C)n1nnnc1-c1ccc(N)c(Cl)c1. The molecule has 1 aromatic carbocycles. The smallest absolute Gasteiger partial charge is 0.182 e. The second-order valence-corrected chi connectivity index (χ2v) is 5.22. The summed E-state index contributed by atoms with van der Waals surface area (Å²) in [5.74, 6) is 1.21. The van der Waals surface area contributed by atoms with Gasteiger partial charge in [0, 0.05) is 5.56 Å². The average Bonchev–Trinajstić information content (AvgIpc) is 2.89. The first-order valence-electron chi connectivity index (χ1n) is 6.37. The number of aromatic nitrogens is 4. The van der Waals surface area contributed by atoms with Crippen molar-refractivity contribution in [1.29, 1.82) is 0 Å². The Morgan fingerprint density at radius 1 is 1.37 bits per heavy atom. The number of nitrogens with zero attached hydrogens (tertiary/aromatic N) is 4. The van der Waals surface area contributed by atoms with Crippen LogP contribution in [0, 0.1) is 5.92 Å². The first-order valence-corrected chi connectivity index (χ1v) is 6.75. The molecule has 5 nitrogen and oxygen atoms in total. The van der Waals surface area contributed by atoms with E-state index in [0.717, 1.165) is 17.8 Å². The largest absolute Gasteiger partial charge is 0.398 e. The van der Waals surface area contributed by atoms with E-state index in [9.17, 15) is 0 Å². The number of nitrogen functional groups attached to an aromatic ring is 1. The van der Waals surface area contributed by atoms with Gasteiger partial charge in [0.2, 0.25) is 0 Å². The van der Waals surface area contributed by atoms with Crippen molar-refractivity contribution in [2.75, 3.05) is 5.73 Å². The predicted octanol–water partition coefficient (Wildman–Crippen LogP) is 3.18. The average molecular weight is 280 g/mol. The quantitative estimate of drug-likeness (QED) is 0.873. The summed E-state index contributed by atoms with van der Waals surface area (Å²) in [4.78, 5) is 0. The van der Waals surface area contributed by atoms with E-state index in [0.29, 0.717) is 16.6 Å². The van der Waals surface area contributed by atoms with Crippen molar-refractivity contribution in [2.24, 2.45) is 5.92 Å². The summed E-state index contributed by atoms with van der Waals surface area (Å²) in [6, 6.07) is 5.67. The van der Waals surface area contributed by atoms with Crippen LogP contribution in [0.5, 0.6) is 0 Å². The molecular weight excluding hydrogens is 262 g/mol. The molecule has 0 spiro atoms. The van der Waals surface area contributed by atoms with Crippen LogP contribution in [0.4, 0.5) is 5.69 Å². The Morgan fingerprint density at radius 2 is 2.11 bits per heavy atom. The molecule has 2 atom stereocenters. The van der Waals surface area contributed by atoms with Gasteiger partial charge in [0.25, 0.3) is 0 Å². The van der Waals surface area contributed by atoms with Crippen LogP contribution in [0.3, 0.4) is 0 Å². The summed E-state index contributed by atoms with van der Waals surface area (Å²) < 4.78 is 1.84. The second-order valence-electron chi connectivity index (χ2n) is 4.81. The summed E-state index contributed by atoms with van der Waals surface area (Å²) in [6.07, 6.45) is 1.07. The number of nitrogens with two attached hydrogens (primary N) is 1. The first kappa shape index (κ1) is 13.8. The molecule has 102 valence electrons. The van der Waals surface area contributed by atoms with Crippen LogP contribution in [0.2, 0.25) is 5.02 Å². The van der Waals surface area contributed by atoms with E-state index in [4.69, 9.17) is 17.3 Å². The highest BCUT2D eigenvalue weighted by Gasteiger charge is 2.19. The Morgan fingerprint density at radius 3 is 2.74 bits per heavy atom. The molecule has 6 heteroatoms. The van der Waals surface area contributed by atoms with Crippen molar-refractivity contribution in [3.63, 3.8) is 0 Å². The van der Waals surface area contributed by atoms with Crippen LogP contribution >= 0.6 is 11.6 Å². The van der Waals surface area contributed by atoms with E-state index in [1.165, 1.54) is 0 Å². The normalized spacial score (nSPS) is 14.3. The molecule has 2 rings (SSSR count). The predicted molar refractivity (Wildman–Crippen MR) is 76.8 cm³/mol. The molecule has 2 aromatic rings. The maximum Gasteiger partial charge on any atom is 0.182 e. The van der Waals surface area contributed by atoms with Gasteiger partial charge in [-0.15, -0.1) is 5.10 Å². The molecule has 0 bridgehead atoms. The van der Waals surface area contributed by atoms with Gasteiger partial charge in [-0.25, -0.2) is 4.68 Å². The van der Waals surface area contributed by atoms with Crippen molar-refractivity contribution >= 4 is 17.3 Å². The fraction of sp³-hybridized carbons (Fsp3) is 0.462. The molecule has 0 aliphatic rings. The molecular formula is C13H18ClN5. The highest BCUT2D eigenvalue weighted by Crippen LogP contribution is 2.28. The van der Waals surface area contributed by atoms with Crippen molar-refractivity contribution in [2.45, 2.75) is 33.2 Å². The molecule has 0 fully saturated rings. The van der Waals surface area contributed by atoms with Crippen LogP contribution < -0.4 is 5.73 Å². The van der Waals surface area contributed by atoms with Gasteiger partial charge >= 0.3 is 0 Å². The Hall–Kier alpha value is -1.62. The van der Waals surface area contributed by atoms with Crippen molar-refractivity contribution in [3.05, 3.63) is 23.2 Å². The topological polar surface area (TPSA) is 69.6 Å². The molecule has 0 aliphatic heterocycles. The lowest BCUT2D eigenvalue weighted by atomic mass is 10.0. The molecule has 0 amide bonds. The maximum atomic E-state index is 6.05. The maximum absolute atomic E-state index is 6.05. The number of hydrogen-bond donors (Lipinski definition) is 1. The summed E-state index contributed by atoms with van der Waals surface area (Å²) in [6.45, 7) is 6.46. The molecule has 0 saturated carbocycles. The second kappa shape index (κ2) is 5.57. The van der Waals surface area contributed by atoms with Gasteiger partial charge in [-0.05, 0) is 41.5 Å². The highest BCUT2D eigenvalue weighted by atomic mass is 35.5. The monoisotopic (exact) mass is 279 g/mol. The van der Waals surface area contributed by atoms with E-state index in [1.807, 2.05) is 10.7 Å². The first-order chi connectivity index (χ1) is 9.04. The van der Waals surface area contributed by atoms with E-state index in [1.54, 1.807) is 12.1 Å². The van der Waals surface area contributed by atoms with Gasteiger partial charge in [0.15, 0.2) is 5.82 Å². The summed E-state index contributed by atoms with van der Waals surface area (Å²) in [5.41, 5.74) is 7.15. The third kappa shape index (κ3) is 2.71. The molecule has 1 heterocycles. The molecule has 0 aliphatic carbocycles. The Balaban J connectivity index is 2.41. The van der Waals surface area contributed by atoms with Crippen LogP contribution in [-0.4, -0.2) is 20.2 Å². The van der Waals surface area contributed by atoms with Gasteiger partial charge < -0.3 is 5.73 Å².